The Labute approximate surface area is 94.2 Å². The van der Waals surface area contributed by atoms with Gasteiger partial charge in [-0.25, -0.2) is 0 Å². The first-order chi connectivity index (χ1) is 6.70. The predicted octanol–water partition coefficient (Wildman–Crippen LogP) is 1.29. The van der Waals surface area contributed by atoms with E-state index in [9.17, 15) is 14.7 Å². The summed E-state index contributed by atoms with van der Waals surface area (Å²) >= 11 is 5.34. The number of ketones is 1. The second-order valence-electron chi connectivity index (χ2n) is 4.62. The van der Waals surface area contributed by atoms with E-state index < -0.39 is 29.2 Å². The van der Waals surface area contributed by atoms with Crippen LogP contribution >= 0.6 is 11.6 Å². The molecule has 2 atom stereocenters. The van der Waals surface area contributed by atoms with Gasteiger partial charge in [0.2, 0.25) is 0 Å². The van der Waals surface area contributed by atoms with Gasteiger partial charge >= 0.3 is 5.97 Å². The maximum atomic E-state index is 11.6. The van der Waals surface area contributed by atoms with Crippen LogP contribution in [0.4, 0.5) is 0 Å². The van der Waals surface area contributed by atoms with Crippen molar-refractivity contribution in [2.24, 2.45) is 11.3 Å². The standard InChI is InChI=1S/C10H17ClO4/c1-10(2,3)8(9(14)15)7(13)4-6(12)5-11/h6,8,12H,4-5H2,1-3H3,(H,14,15). The molecule has 88 valence electrons. The summed E-state index contributed by atoms with van der Waals surface area (Å²) in [4.78, 5) is 22.5. The Bertz CT molecular complexity index is 244. The van der Waals surface area contributed by atoms with E-state index in [0.29, 0.717) is 0 Å². The quantitative estimate of drug-likeness (QED) is 0.557. The second kappa shape index (κ2) is 5.47. The highest BCUT2D eigenvalue weighted by Gasteiger charge is 2.37. The van der Waals surface area contributed by atoms with Gasteiger partial charge in [0, 0.05) is 12.3 Å². The fraction of sp³-hybridized carbons (Fsp3) is 0.800. The minimum atomic E-state index is -1.16. The molecule has 0 bridgehead atoms. The summed E-state index contributed by atoms with van der Waals surface area (Å²) < 4.78 is 0. The van der Waals surface area contributed by atoms with Crippen molar-refractivity contribution in [1.82, 2.24) is 0 Å². The van der Waals surface area contributed by atoms with Crippen molar-refractivity contribution < 1.29 is 19.8 Å². The first-order valence-corrected chi connectivity index (χ1v) is 5.23. The highest BCUT2D eigenvalue weighted by molar-refractivity contribution is 6.18. The molecule has 0 radical (unpaired) electrons. The molecule has 2 unspecified atom stereocenters. The van der Waals surface area contributed by atoms with Gasteiger partial charge < -0.3 is 10.2 Å². The summed E-state index contributed by atoms with van der Waals surface area (Å²) in [6, 6.07) is 0. The molecule has 0 aromatic rings. The number of rotatable bonds is 5. The van der Waals surface area contributed by atoms with E-state index in [0.717, 1.165) is 0 Å². The Kier molecular flexibility index (Phi) is 5.24. The van der Waals surface area contributed by atoms with E-state index in [1.54, 1.807) is 20.8 Å². The Hall–Kier alpha value is -0.610. The maximum absolute atomic E-state index is 11.6. The second-order valence-corrected chi connectivity index (χ2v) is 4.92. The van der Waals surface area contributed by atoms with Crippen molar-refractivity contribution in [3.63, 3.8) is 0 Å². The maximum Gasteiger partial charge on any atom is 0.314 e. The van der Waals surface area contributed by atoms with Crippen molar-refractivity contribution >= 4 is 23.4 Å². The van der Waals surface area contributed by atoms with Gasteiger partial charge in [-0.15, -0.1) is 11.6 Å². The highest BCUT2D eigenvalue weighted by Crippen LogP contribution is 2.28. The lowest BCUT2D eigenvalue weighted by Crippen LogP contribution is -2.37. The van der Waals surface area contributed by atoms with Gasteiger partial charge in [0.1, 0.15) is 11.7 Å². The van der Waals surface area contributed by atoms with Crippen LogP contribution in [0.3, 0.4) is 0 Å². The number of hydrogen-bond donors (Lipinski definition) is 2. The van der Waals surface area contributed by atoms with Crippen LogP contribution in [0, 0.1) is 11.3 Å². The Morgan fingerprint density at radius 2 is 1.80 bits per heavy atom. The third-order valence-corrected chi connectivity index (χ3v) is 2.41. The lowest BCUT2D eigenvalue weighted by Gasteiger charge is -2.26. The number of carbonyl (C=O) groups excluding carboxylic acids is 1. The van der Waals surface area contributed by atoms with E-state index in [1.165, 1.54) is 0 Å². The molecule has 4 nitrogen and oxygen atoms in total. The molecule has 2 N–H and O–H groups in total. The molecule has 0 saturated heterocycles. The van der Waals surface area contributed by atoms with Gasteiger partial charge in [0.15, 0.2) is 0 Å². The van der Waals surface area contributed by atoms with E-state index in [-0.39, 0.29) is 12.3 Å². The molecule has 0 saturated carbocycles. The lowest BCUT2D eigenvalue weighted by atomic mass is 9.77. The number of carboxylic acid groups (broad SMARTS) is 1. The number of hydrogen-bond acceptors (Lipinski definition) is 3. The average molecular weight is 237 g/mol. The largest absolute Gasteiger partial charge is 0.481 e. The fourth-order valence-electron chi connectivity index (χ4n) is 1.40. The zero-order valence-corrected chi connectivity index (χ0v) is 9.91. The molecule has 0 heterocycles. The third kappa shape index (κ3) is 4.62. The molecule has 0 fully saturated rings. The SMILES string of the molecule is CC(C)(C)C(C(=O)O)C(=O)CC(O)CCl. The summed E-state index contributed by atoms with van der Waals surface area (Å²) in [6.07, 6.45) is -1.18. The summed E-state index contributed by atoms with van der Waals surface area (Å²) in [5.41, 5.74) is -0.658. The molecule has 0 aliphatic rings. The van der Waals surface area contributed by atoms with E-state index in [2.05, 4.69) is 0 Å². The van der Waals surface area contributed by atoms with Crippen LogP contribution in [0.25, 0.3) is 0 Å². The van der Waals surface area contributed by atoms with Gasteiger partial charge in [-0.05, 0) is 5.41 Å². The summed E-state index contributed by atoms with van der Waals surface area (Å²) in [5.74, 6) is -2.81. The van der Waals surface area contributed by atoms with Gasteiger partial charge in [-0.2, -0.15) is 0 Å². The smallest absolute Gasteiger partial charge is 0.314 e. The molecule has 0 rings (SSSR count). The van der Waals surface area contributed by atoms with Crippen molar-refractivity contribution in [2.75, 3.05) is 5.88 Å². The number of aliphatic hydroxyl groups excluding tert-OH is 1. The number of halogens is 1. The number of carboxylic acids is 1. The Morgan fingerprint density at radius 3 is 2.07 bits per heavy atom. The van der Waals surface area contributed by atoms with E-state index >= 15 is 0 Å². The first-order valence-electron chi connectivity index (χ1n) is 4.69. The summed E-state index contributed by atoms with van der Waals surface area (Å²) in [7, 11) is 0. The van der Waals surface area contributed by atoms with Crippen LogP contribution in [0.2, 0.25) is 0 Å². The van der Waals surface area contributed by atoms with Crippen LogP contribution in [-0.2, 0) is 9.59 Å². The average Bonchev–Trinajstić information content (AvgIpc) is 1.99. The van der Waals surface area contributed by atoms with Gasteiger partial charge in [-0.3, -0.25) is 9.59 Å². The van der Waals surface area contributed by atoms with Crippen molar-refractivity contribution in [3.05, 3.63) is 0 Å². The summed E-state index contributed by atoms with van der Waals surface area (Å²) in [5, 5.41) is 18.1. The molecular weight excluding hydrogens is 220 g/mol. The van der Waals surface area contributed by atoms with Crippen LogP contribution in [-0.4, -0.2) is 33.9 Å². The zero-order chi connectivity index (χ0) is 12.2. The molecule has 15 heavy (non-hydrogen) atoms. The molecule has 0 amide bonds. The van der Waals surface area contributed by atoms with E-state index in [1.807, 2.05) is 0 Å². The number of Topliss-reactive ketones (excluding diaryl/α,β-unsaturated/α-hetero) is 1. The zero-order valence-electron chi connectivity index (χ0n) is 9.16. The topological polar surface area (TPSA) is 74.6 Å². The number of aliphatic carboxylic acids is 1. The van der Waals surface area contributed by atoms with Crippen molar-refractivity contribution in [1.29, 1.82) is 0 Å². The number of aliphatic hydroxyl groups is 1. The van der Waals surface area contributed by atoms with Crippen molar-refractivity contribution in [3.8, 4) is 0 Å². The van der Waals surface area contributed by atoms with Crippen LogP contribution in [0.15, 0.2) is 0 Å². The Morgan fingerprint density at radius 1 is 1.33 bits per heavy atom. The third-order valence-electron chi connectivity index (χ3n) is 2.05. The molecule has 0 aliphatic heterocycles. The first kappa shape index (κ1) is 14.4. The van der Waals surface area contributed by atoms with Crippen molar-refractivity contribution in [2.45, 2.75) is 33.3 Å². The number of carbonyl (C=O) groups is 2. The van der Waals surface area contributed by atoms with Crippen LogP contribution in [0.1, 0.15) is 27.2 Å². The molecule has 0 spiro atoms. The molecule has 0 aromatic heterocycles. The van der Waals surface area contributed by atoms with E-state index in [4.69, 9.17) is 16.7 Å². The number of alkyl halides is 1. The molecule has 0 aromatic carbocycles. The van der Waals surface area contributed by atoms with Crippen LogP contribution < -0.4 is 0 Å². The van der Waals surface area contributed by atoms with Gasteiger partial charge in [-0.1, -0.05) is 20.8 Å². The predicted molar refractivity (Wildman–Crippen MR) is 56.9 cm³/mol. The highest BCUT2D eigenvalue weighted by atomic mass is 35.5. The van der Waals surface area contributed by atoms with Gasteiger partial charge in [0.25, 0.3) is 0 Å². The molecular formula is C10H17ClO4. The molecule has 0 aliphatic carbocycles. The minimum absolute atomic E-state index is 0.0672. The van der Waals surface area contributed by atoms with Crippen LogP contribution in [0.5, 0.6) is 0 Å². The fourth-order valence-corrected chi connectivity index (χ4v) is 1.50. The lowest BCUT2D eigenvalue weighted by molar-refractivity contribution is -0.151. The van der Waals surface area contributed by atoms with Gasteiger partial charge in [0.05, 0.1) is 6.10 Å². The Balaban J connectivity index is 4.66. The minimum Gasteiger partial charge on any atom is -0.481 e. The summed E-state index contributed by atoms with van der Waals surface area (Å²) in [6.45, 7) is 5.03. The monoisotopic (exact) mass is 236 g/mol. The normalized spacial score (nSPS) is 15.8. The molecule has 5 heteroatoms.